The Morgan fingerprint density at radius 1 is 1.35 bits per heavy atom. The van der Waals surface area contributed by atoms with Crippen LogP contribution in [0.5, 0.6) is 0 Å². The van der Waals surface area contributed by atoms with E-state index in [0.717, 1.165) is 11.5 Å². The molecule has 2 aromatic rings. The second kappa shape index (κ2) is 6.81. The first-order valence-corrected chi connectivity index (χ1v) is 6.31. The fraction of sp³-hybridized carbons (Fsp3) is 0.286. The molecule has 0 saturated carbocycles. The number of hydrogen-bond acceptors (Lipinski definition) is 4. The van der Waals surface area contributed by atoms with Crippen LogP contribution in [0.3, 0.4) is 0 Å². The van der Waals surface area contributed by atoms with Crippen molar-refractivity contribution < 1.29 is 13.6 Å². The summed E-state index contributed by atoms with van der Waals surface area (Å²) in [6, 6.07) is 5.89. The number of hydrogen-bond donors (Lipinski definition) is 2. The summed E-state index contributed by atoms with van der Waals surface area (Å²) in [5.41, 5.74) is 0.895. The normalized spacial score (nSPS) is 10.5. The zero-order valence-corrected chi connectivity index (χ0v) is 11.1. The molecule has 1 aromatic carbocycles. The summed E-state index contributed by atoms with van der Waals surface area (Å²) in [5, 5.41) is 5.75. The molecule has 1 heterocycles. The monoisotopic (exact) mass is 277 g/mol. The molecule has 20 heavy (non-hydrogen) atoms. The Hall–Kier alpha value is -2.21. The quantitative estimate of drug-likeness (QED) is 0.788. The zero-order valence-electron chi connectivity index (χ0n) is 11.1. The number of halogens is 1. The van der Waals surface area contributed by atoms with Gasteiger partial charge in [0, 0.05) is 13.1 Å². The number of amides is 1. The summed E-state index contributed by atoms with van der Waals surface area (Å²) in [6.45, 7) is 3.36. The van der Waals surface area contributed by atoms with Gasteiger partial charge in [-0.05, 0) is 19.1 Å². The third-order valence-corrected chi connectivity index (χ3v) is 2.84. The second-order valence-corrected chi connectivity index (χ2v) is 4.27. The van der Waals surface area contributed by atoms with Crippen molar-refractivity contribution in [1.29, 1.82) is 0 Å². The molecule has 0 fully saturated rings. The van der Waals surface area contributed by atoms with Crippen LogP contribution in [0.25, 0.3) is 0 Å². The van der Waals surface area contributed by atoms with Crippen molar-refractivity contribution in [3.63, 3.8) is 0 Å². The van der Waals surface area contributed by atoms with E-state index in [1.165, 1.54) is 18.5 Å². The van der Waals surface area contributed by atoms with E-state index in [2.05, 4.69) is 15.6 Å². The summed E-state index contributed by atoms with van der Waals surface area (Å²) in [6.07, 6.45) is 1.40. The van der Waals surface area contributed by atoms with E-state index in [4.69, 9.17) is 4.42 Å². The van der Waals surface area contributed by atoms with E-state index < -0.39 is 11.7 Å². The zero-order chi connectivity index (χ0) is 14.4. The molecule has 2 rings (SSSR count). The van der Waals surface area contributed by atoms with Crippen LogP contribution in [0.15, 0.2) is 35.1 Å². The summed E-state index contributed by atoms with van der Waals surface area (Å²) in [5.74, 6) is -0.165. The SMILES string of the molecule is Cc1ncoc1CNCCNC(=O)c1ccccc1F. The highest BCUT2D eigenvalue weighted by Crippen LogP contribution is 2.05. The average Bonchev–Trinajstić information content (AvgIpc) is 2.84. The van der Waals surface area contributed by atoms with Gasteiger partial charge in [-0.2, -0.15) is 0 Å². The molecule has 5 nitrogen and oxygen atoms in total. The summed E-state index contributed by atoms with van der Waals surface area (Å²) < 4.78 is 18.5. The van der Waals surface area contributed by atoms with Crippen LogP contribution >= 0.6 is 0 Å². The summed E-state index contributed by atoms with van der Waals surface area (Å²) in [4.78, 5) is 15.7. The van der Waals surface area contributed by atoms with Crippen molar-refractivity contribution in [3.05, 3.63) is 53.5 Å². The number of carbonyl (C=O) groups is 1. The number of aryl methyl sites for hydroxylation is 1. The minimum absolute atomic E-state index is 0.0542. The van der Waals surface area contributed by atoms with Gasteiger partial charge in [0.2, 0.25) is 0 Å². The number of benzene rings is 1. The topological polar surface area (TPSA) is 67.2 Å². The fourth-order valence-electron chi connectivity index (χ4n) is 1.70. The smallest absolute Gasteiger partial charge is 0.254 e. The first kappa shape index (κ1) is 14.2. The Bertz CT molecular complexity index is 583. The number of rotatable bonds is 6. The molecular formula is C14H16FN3O2. The summed E-state index contributed by atoms with van der Waals surface area (Å²) >= 11 is 0. The molecule has 0 aliphatic heterocycles. The van der Waals surface area contributed by atoms with Crippen LogP contribution in [0.1, 0.15) is 21.8 Å². The lowest BCUT2D eigenvalue weighted by atomic mass is 10.2. The third-order valence-electron chi connectivity index (χ3n) is 2.84. The Morgan fingerprint density at radius 3 is 2.85 bits per heavy atom. The molecule has 106 valence electrons. The van der Waals surface area contributed by atoms with Crippen molar-refractivity contribution in [1.82, 2.24) is 15.6 Å². The van der Waals surface area contributed by atoms with Crippen LogP contribution in [0.4, 0.5) is 4.39 Å². The van der Waals surface area contributed by atoms with Gasteiger partial charge in [0.05, 0.1) is 17.8 Å². The lowest BCUT2D eigenvalue weighted by Crippen LogP contribution is -2.32. The van der Waals surface area contributed by atoms with Crippen molar-refractivity contribution in [2.75, 3.05) is 13.1 Å². The molecule has 0 saturated heterocycles. The Balaban J connectivity index is 1.70. The highest BCUT2D eigenvalue weighted by atomic mass is 19.1. The van der Waals surface area contributed by atoms with E-state index >= 15 is 0 Å². The Morgan fingerprint density at radius 2 is 2.15 bits per heavy atom. The molecule has 0 aliphatic carbocycles. The molecule has 6 heteroatoms. The molecular weight excluding hydrogens is 261 g/mol. The maximum Gasteiger partial charge on any atom is 0.254 e. The first-order chi connectivity index (χ1) is 9.68. The minimum atomic E-state index is -0.518. The van der Waals surface area contributed by atoms with E-state index in [0.29, 0.717) is 19.6 Å². The molecule has 0 unspecified atom stereocenters. The van der Waals surface area contributed by atoms with Gasteiger partial charge in [-0.3, -0.25) is 4.79 Å². The highest BCUT2D eigenvalue weighted by Gasteiger charge is 2.09. The van der Waals surface area contributed by atoms with Crippen LogP contribution in [0, 0.1) is 12.7 Å². The van der Waals surface area contributed by atoms with E-state index in [-0.39, 0.29) is 5.56 Å². The van der Waals surface area contributed by atoms with Crippen molar-refractivity contribution in [3.8, 4) is 0 Å². The van der Waals surface area contributed by atoms with Gasteiger partial charge < -0.3 is 15.1 Å². The molecule has 0 radical (unpaired) electrons. The second-order valence-electron chi connectivity index (χ2n) is 4.27. The third kappa shape index (κ3) is 3.64. The average molecular weight is 277 g/mol. The van der Waals surface area contributed by atoms with Gasteiger partial charge in [0.1, 0.15) is 11.6 Å². The van der Waals surface area contributed by atoms with E-state index in [1.807, 2.05) is 6.92 Å². The molecule has 0 spiro atoms. The lowest BCUT2D eigenvalue weighted by Gasteiger charge is -2.06. The molecule has 0 atom stereocenters. The minimum Gasteiger partial charge on any atom is -0.447 e. The molecule has 0 aliphatic rings. The predicted octanol–water partition coefficient (Wildman–Crippen LogP) is 1.64. The number of carbonyl (C=O) groups excluding carboxylic acids is 1. The Kier molecular flexibility index (Phi) is 4.84. The van der Waals surface area contributed by atoms with Crippen molar-refractivity contribution in [2.45, 2.75) is 13.5 Å². The fourth-order valence-corrected chi connectivity index (χ4v) is 1.70. The largest absolute Gasteiger partial charge is 0.447 e. The molecule has 0 bridgehead atoms. The number of nitrogens with one attached hydrogen (secondary N) is 2. The van der Waals surface area contributed by atoms with Gasteiger partial charge in [-0.25, -0.2) is 9.37 Å². The summed E-state index contributed by atoms with van der Waals surface area (Å²) in [7, 11) is 0. The molecule has 1 aromatic heterocycles. The lowest BCUT2D eigenvalue weighted by molar-refractivity contribution is 0.0950. The van der Waals surface area contributed by atoms with Crippen LogP contribution in [-0.2, 0) is 6.54 Å². The highest BCUT2D eigenvalue weighted by molar-refractivity contribution is 5.94. The van der Waals surface area contributed by atoms with Gasteiger partial charge in [0.15, 0.2) is 6.39 Å². The van der Waals surface area contributed by atoms with E-state index in [9.17, 15) is 9.18 Å². The standard InChI is InChI=1S/C14H16FN3O2/c1-10-13(20-9-18-10)8-16-6-7-17-14(19)11-4-2-3-5-12(11)15/h2-5,9,16H,6-8H2,1H3,(H,17,19). The van der Waals surface area contributed by atoms with E-state index in [1.54, 1.807) is 12.1 Å². The maximum atomic E-state index is 13.3. The molecule has 1 amide bonds. The van der Waals surface area contributed by atoms with Gasteiger partial charge >= 0.3 is 0 Å². The maximum absolute atomic E-state index is 13.3. The van der Waals surface area contributed by atoms with Crippen molar-refractivity contribution in [2.24, 2.45) is 0 Å². The van der Waals surface area contributed by atoms with Gasteiger partial charge in [0.25, 0.3) is 5.91 Å². The van der Waals surface area contributed by atoms with Crippen LogP contribution in [0.2, 0.25) is 0 Å². The molecule has 2 N–H and O–H groups in total. The van der Waals surface area contributed by atoms with Crippen LogP contribution in [-0.4, -0.2) is 24.0 Å². The van der Waals surface area contributed by atoms with Gasteiger partial charge in [-0.15, -0.1) is 0 Å². The first-order valence-electron chi connectivity index (χ1n) is 6.31. The Labute approximate surface area is 116 Å². The van der Waals surface area contributed by atoms with Crippen molar-refractivity contribution >= 4 is 5.91 Å². The number of oxazole rings is 1. The number of aromatic nitrogens is 1. The number of nitrogens with zero attached hydrogens (tertiary/aromatic N) is 1. The predicted molar refractivity (Wildman–Crippen MR) is 71.7 cm³/mol. The van der Waals surface area contributed by atoms with Crippen LogP contribution < -0.4 is 10.6 Å². The van der Waals surface area contributed by atoms with Gasteiger partial charge in [-0.1, -0.05) is 12.1 Å².